The van der Waals surface area contributed by atoms with Gasteiger partial charge in [-0.1, -0.05) is 6.07 Å². The Bertz CT molecular complexity index is 1100. The fourth-order valence-corrected chi connectivity index (χ4v) is 4.87. The van der Waals surface area contributed by atoms with Crippen LogP contribution in [0.1, 0.15) is 64.5 Å². The van der Waals surface area contributed by atoms with Crippen molar-refractivity contribution in [1.82, 2.24) is 0 Å². The molecule has 7 nitrogen and oxygen atoms in total. The zero-order valence-corrected chi connectivity index (χ0v) is 25.4. The summed E-state index contributed by atoms with van der Waals surface area (Å²) in [6, 6.07) is 4.14. The molecule has 0 aromatic heterocycles. The predicted octanol–water partition coefficient (Wildman–Crippen LogP) is 4.27. The van der Waals surface area contributed by atoms with E-state index in [0.29, 0.717) is 24.8 Å². The van der Waals surface area contributed by atoms with Gasteiger partial charge in [0, 0.05) is 37.5 Å². The zero-order chi connectivity index (χ0) is 31.0. The monoisotopic (exact) mass is 622 g/mol. The van der Waals surface area contributed by atoms with E-state index in [1.165, 1.54) is 26.0 Å². The van der Waals surface area contributed by atoms with E-state index in [1.807, 2.05) is 0 Å². The number of alkyl halides is 6. The Balaban J connectivity index is 0.00000882. The maximum absolute atomic E-state index is 13.8. The molecule has 0 N–H and O–H groups in total. The molecule has 0 amide bonds. The summed E-state index contributed by atoms with van der Waals surface area (Å²) in [5, 5.41) is -0.102. The quantitative estimate of drug-likeness (QED) is 0.127. The van der Waals surface area contributed by atoms with Gasteiger partial charge in [-0.25, -0.2) is 0 Å². The van der Waals surface area contributed by atoms with Crippen LogP contribution in [-0.4, -0.2) is 44.2 Å². The first kappa shape index (κ1) is 38.0. The Labute approximate surface area is 255 Å². The predicted molar refractivity (Wildman–Crippen MR) is 141 cm³/mol. The van der Waals surface area contributed by atoms with E-state index in [1.54, 1.807) is 27.7 Å². The number of hydrogen-bond acceptors (Lipinski definition) is 7. The maximum atomic E-state index is 13.8. The second-order valence-electron chi connectivity index (χ2n) is 8.39. The van der Waals surface area contributed by atoms with E-state index in [0.717, 1.165) is 0 Å². The number of hydrogen-bond donors (Lipinski definition) is 0. The van der Waals surface area contributed by atoms with Gasteiger partial charge in [0.15, 0.2) is 24.4 Å². The van der Waals surface area contributed by atoms with Gasteiger partial charge in [-0.3, -0.25) is 4.79 Å². The second kappa shape index (κ2) is 16.7. The molecule has 0 saturated carbocycles. The topological polar surface area (TPSA) is 72.5 Å². The van der Waals surface area contributed by atoms with Crippen molar-refractivity contribution in [2.24, 2.45) is 0 Å². The molecule has 232 valence electrons. The maximum Gasteiger partial charge on any atom is 1.00 e. The summed E-state index contributed by atoms with van der Waals surface area (Å²) in [6.07, 6.45) is -13.0. The third-order valence-corrected chi connectivity index (χ3v) is 6.49. The number of carbonyl (C=O) groups is 1. The number of benzene rings is 2. The average molecular weight is 622 g/mol. The van der Waals surface area contributed by atoms with E-state index < -0.39 is 62.0 Å². The number of carbonyl (C=O) groups excluding carboxylic acids is 1. The van der Waals surface area contributed by atoms with Crippen LogP contribution in [0.4, 0.5) is 26.3 Å². The molecule has 2 rings (SSSR count). The van der Waals surface area contributed by atoms with Crippen LogP contribution < -0.4 is 38.4 Å². The Morgan fingerprint density at radius 2 is 1.14 bits per heavy atom. The molecule has 0 saturated heterocycles. The van der Waals surface area contributed by atoms with Crippen molar-refractivity contribution in [2.45, 2.75) is 72.8 Å². The number of ether oxygens (including phenoxy) is 6. The van der Waals surface area contributed by atoms with Crippen molar-refractivity contribution in [2.75, 3.05) is 19.8 Å². The van der Waals surface area contributed by atoms with E-state index in [9.17, 15) is 31.1 Å². The molecule has 0 spiro atoms. The van der Waals surface area contributed by atoms with Crippen LogP contribution in [0.5, 0.6) is 17.2 Å². The van der Waals surface area contributed by atoms with Gasteiger partial charge in [0.1, 0.15) is 17.2 Å². The van der Waals surface area contributed by atoms with Crippen LogP contribution in [0.2, 0.25) is 0 Å². The summed E-state index contributed by atoms with van der Waals surface area (Å²) >= 11 is 0. The molecule has 0 fully saturated rings. The summed E-state index contributed by atoms with van der Waals surface area (Å²) in [6.45, 7) is 10.6. The van der Waals surface area contributed by atoms with Gasteiger partial charge in [0.25, 0.3) is 0 Å². The van der Waals surface area contributed by atoms with E-state index in [-0.39, 0.29) is 56.1 Å². The molecule has 0 heterocycles. The molecule has 0 aliphatic carbocycles. The van der Waals surface area contributed by atoms with E-state index in [4.69, 9.17) is 28.4 Å². The van der Waals surface area contributed by atoms with Crippen LogP contribution in [0, 0.1) is 0 Å². The van der Waals surface area contributed by atoms with Gasteiger partial charge in [0.2, 0.25) is 0 Å². The fourth-order valence-electron chi connectivity index (χ4n) is 3.74. The third kappa shape index (κ3) is 10.9. The Morgan fingerprint density at radius 1 is 0.762 bits per heavy atom. The standard InChI is InChI=1S/C27H33F6O7P.Li.H/c1-7-35-15(4)38-18-13-21(39-16(5)36-8-2)24(22(14-18)40-17(6)37-9-3)41-25(34)23-19(26(28,29)30)11-10-12-20(23)27(31,32)33;;/h10-17,41H,7-9H2,1-6H3;;/q;+1;-1. The summed E-state index contributed by atoms with van der Waals surface area (Å²) < 4.78 is 116. The van der Waals surface area contributed by atoms with Crippen LogP contribution in [-0.2, 0) is 26.6 Å². The zero-order valence-electron chi connectivity index (χ0n) is 25.4. The smallest absolute Gasteiger partial charge is 1.00 e. The molecule has 0 aliphatic heterocycles. The van der Waals surface area contributed by atoms with Crippen LogP contribution in [0.15, 0.2) is 30.3 Å². The summed E-state index contributed by atoms with van der Waals surface area (Å²) in [7, 11) is -1.29. The average Bonchev–Trinajstić information content (AvgIpc) is 2.84. The first-order valence-electron chi connectivity index (χ1n) is 12.7. The van der Waals surface area contributed by atoms with E-state index >= 15 is 0 Å². The van der Waals surface area contributed by atoms with Crippen molar-refractivity contribution in [1.29, 1.82) is 0 Å². The van der Waals surface area contributed by atoms with Gasteiger partial charge < -0.3 is 29.8 Å². The minimum Gasteiger partial charge on any atom is -1.00 e. The van der Waals surface area contributed by atoms with Crippen LogP contribution in [0.3, 0.4) is 0 Å². The van der Waals surface area contributed by atoms with Crippen molar-refractivity contribution >= 4 is 19.4 Å². The minimum atomic E-state index is -5.23. The van der Waals surface area contributed by atoms with Gasteiger partial charge >= 0.3 is 31.2 Å². The first-order chi connectivity index (χ1) is 19.1. The van der Waals surface area contributed by atoms with Crippen LogP contribution in [0.25, 0.3) is 0 Å². The van der Waals surface area contributed by atoms with Crippen LogP contribution >= 0.6 is 8.58 Å². The van der Waals surface area contributed by atoms with Gasteiger partial charge in [-0.2, -0.15) is 26.3 Å². The Hall–Kier alpha value is -2.00. The molecule has 42 heavy (non-hydrogen) atoms. The fraction of sp³-hybridized carbons (Fsp3) is 0.519. The second-order valence-corrected chi connectivity index (χ2v) is 9.60. The third-order valence-electron chi connectivity index (χ3n) is 5.27. The first-order valence-corrected chi connectivity index (χ1v) is 13.7. The SMILES string of the molecule is CCOC(C)Oc1cc(OC(C)OCC)c(PC(=O)c2c(C(F)(F)F)cccc2C(F)(F)F)c(OC(C)OCC)c1.[H-].[Li+]. The molecule has 15 heteroatoms. The Morgan fingerprint density at radius 3 is 1.50 bits per heavy atom. The van der Waals surface area contributed by atoms with Crippen molar-refractivity contribution in [3.63, 3.8) is 0 Å². The van der Waals surface area contributed by atoms with Gasteiger partial charge in [-0.05, 0) is 62.3 Å². The number of rotatable bonds is 15. The normalized spacial score (nSPS) is 14.3. The molecule has 4 unspecified atom stereocenters. The van der Waals surface area contributed by atoms with Crippen molar-refractivity contribution in [3.05, 3.63) is 47.0 Å². The molecule has 2 aromatic rings. The molecule has 0 bridgehead atoms. The largest absolute Gasteiger partial charge is 1.00 e. The molecular weight excluding hydrogens is 588 g/mol. The summed E-state index contributed by atoms with van der Waals surface area (Å²) in [5.41, 5.74) is -6.33. The minimum absolute atomic E-state index is 0. The van der Waals surface area contributed by atoms with Crippen molar-refractivity contribution in [3.8, 4) is 17.2 Å². The van der Waals surface area contributed by atoms with E-state index in [2.05, 4.69) is 0 Å². The Kier molecular flexibility index (Phi) is 15.2. The molecule has 2 aromatic carbocycles. The molecule has 0 aliphatic rings. The number of halogens is 6. The summed E-state index contributed by atoms with van der Waals surface area (Å²) in [4.78, 5) is 13.4. The van der Waals surface area contributed by atoms with Gasteiger partial charge in [-0.15, -0.1) is 0 Å². The summed E-state index contributed by atoms with van der Waals surface area (Å²) in [5.74, 6) is -0.0674. The van der Waals surface area contributed by atoms with Crippen molar-refractivity contribution < 1.29 is 79.8 Å². The molecule has 4 atom stereocenters. The molecule has 0 radical (unpaired) electrons. The molecular formula is C27H34F6LiO7P. The van der Waals surface area contributed by atoms with Gasteiger partial charge in [0.05, 0.1) is 16.4 Å².